The number of fused-ring (bicyclic) bond motifs is 1. The zero-order valence-corrected chi connectivity index (χ0v) is 16.8. The van der Waals surface area contributed by atoms with Crippen LogP contribution in [0.2, 0.25) is 0 Å². The number of hydrogen-bond acceptors (Lipinski definition) is 1. The lowest BCUT2D eigenvalue weighted by molar-refractivity contribution is -0.0498. The third-order valence-electron chi connectivity index (χ3n) is 5.19. The third kappa shape index (κ3) is 4.55. The molecule has 0 aliphatic heterocycles. The van der Waals surface area contributed by atoms with E-state index in [0.717, 1.165) is 23.6 Å². The highest BCUT2D eigenvalue weighted by Crippen LogP contribution is 2.33. The van der Waals surface area contributed by atoms with Crippen LogP contribution in [0.4, 0.5) is 17.6 Å². The van der Waals surface area contributed by atoms with Crippen LogP contribution < -0.4 is 4.74 Å². The summed E-state index contributed by atoms with van der Waals surface area (Å²) in [6.07, 6.45) is 2.07. The first-order valence-electron chi connectivity index (χ1n) is 10.0. The lowest BCUT2D eigenvalue weighted by atomic mass is 9.96. The van der Waals surface area contributed by atoms with Gasteiger partial charge < -0.3 is 4.74 Å². The van der Waals surface area contributed by atoms with E-state index in [1.807, 2.05) is 24.3 Å². The van der Waals surface area contributed by atoms with Crippen molar-refractivity contribution in [1.82, 2.24) is 0 Å². The van der Waals surface area contributed by atoms with Crippen molar-refractivity contribution >= 4 is 10.8 Å². The van der Waals surface area contributed by atoms with E-state index in [9.17, 15) is 17.6 Å². The zero-order chi connectivity index (χ0) is 22.0. The van der Waals surface area contributed by atoms with Gasteiger partial charge in [-0.2, -0.15) is 8.78 Å². The van der Waals surface area contributed by atoms with Crippen molar-refractivity contribution < 1.29 is 22.3 Å². The summed E-state index contributed by atoms with van der Waals surface area (Å²) in [5.41, 5.74) is 2.42. The van der Waals surface area contributed by atoms with Crippen LogP contribution in [0.25, 0.3) is 33.0 Å². The number of halogens is 4. The molecule has 0 unspecified atom stereocenters. The molecule has 0 spiro atoms. The molecule has 0 heterocycles. The summed E-state index contributed by atoms with van der Waals surface area (Å²) < 4.78 is 58.6. The molecule has 0 amide bonds. The van der Waals surface area contributed by atoms with Gasteiger partial charge in [0.25, 0.3) is 0 Å². The number of aryl methyl sites for hydroxylation is 1. The molecule has 4 aromatic carbocycles. The van der Waals surface area contributed by atoms with Crippen LogP contribution in [0.1, 0.15) is 18.9 Å². The molecule has 5 heteroatoms. The molecule has 1 nitrogen and oxygen atoms in total. The van der Waals surface area contributed by atoms with Crippen LogP contribution >= 0.6 is 0 Å². The van der Waals surface area contributed by atoms with E-state index in [0.29, 0.717) is 11.1 Å². The van der Waals surface area contributed by atoms with E-state index in [-0.39, 0.29) is 16.9 Å². The minimum atomic E-state index is -2.96. The highest BCUT2D eigenvalue weighted by Gasteiger charge is 2.15. The van der Waals surface area contributed by atoms with Crippen molar-refractivity contribution in [3.8, 4) is 28.0 Å². The van der Waals surface area contributed by atoms with E-state index in [1.54, 1.807) is 0 Å². The van der Waals surface area contributed by atoms with Crippen molar-refractivity contribution in [2.45, 2.75) is 26.4 Å². The predicted molar refractivity (Wildman–Crippen MR) is 115 cm³/mol. The second-order valence-electron chi connectivity index (χ2n) is 7.36. The second kappa shape index (κ2) is 8.80. The second-order valence-corrected chi connectivity index (χ2v) is 7.36. The Morgan fingerprint density at radius 3 is 1.97 bits per heavy atom. The third-order valence-corrected chi connectivity index (χ3v) is 5.19. The van der Waals surface area contributed by atoms with Crippen LogP contribution in [-0.4, -0.2) is 6.61 Å². The quantitative estimate of drug-likeness (QED) is 0.285. The lowest BCUT2D eigenvalue weighted by Gasteiger charge is -2.11. The van der Waals surface area contributed by atoms with E-state index < -0.39 is 18.2 Å². The number of benzene rings is 4. The Labute approximate surface area is 177 Å². The van der Waals surface area contributed by atoms with Crippen molar-refractivity contribution in [2.24, 2.45) is 0 Å². The van der Waals surface area contributed by atoms with Gasteiger partial charge in [0, 0.05) is 0 Å². The summed E-state index contributed by atoms with van der Waals surface area (Å²) in [6.45, 7) is -0.829. The van der Waals surface area contributed by atoms with Gasteiger partial charge in [-0.15, -0.1) is 0 Å². The van der Waals surface area contributed by atoms with Gasteiger partial charge in [0.15, 0.2) is 0 Å². The average molecular weight is 424 g/mol. The molecule has 0 aliphatic rings. The molecule has 0 N–H and O–H groups in total. The smallest absolute Gasteiger partial charge is 0.387 e. The fourth-order valence-corrected chi connectivity index (χ4v) is 3.74. The summed E-state index contributed by atoms with van der Waals surface area (Å²) in [6, 6.07) is 19.7. The van der Waals surface area contributed by atoms with Crippen LogP contribution in [-0.2, 0) is 6.42 Å². The predicted octanol–water partition coefficient (Wildman–Crippen LogP) is 8.01. The van der Waals surface area contributed by atoms with Crippen molar-refractivity contribution in [3.63, 3.8) is 0 Å². The van der Waals surface area contributed by atoms with Gasteiger partial charge >= 0.3 is 6.61 Å². The SMILES string of the molecule is CCCc1ccc2cc(-c3cc(F)c(-c4ccc(OC(F)F)cc4)c(F)c3)ccc2c1. The van der Waals surface area contributed by atoms with Gasteiger partial charge in [-0.25, -0.2) is 8.78 Å². The topological polar surface area (TPSA) is 9.23 Å². The number of alkyl halides is 2. The normalized spacial score (nSPS) is 11.3. The van der Waals surface area contributed by atoms with Crippen LogP contribution in [0.15, 0.2) is 72.8 Å². The maximum absolute atomic E-state index is 14.9. The van der Waals surface area contributed by atoms with Gasteiger partial charge in [-0.3, -0.25) is 0 Å². The summed E-state index contributed by atoms with van der Waals surface area (Å²) in [4.78, 5) is 0. The molecule has 31 heavy (non-hydrogen) atoms. The van der Waals surface area contributed by atoms with Gasteiger partial charge in [0.1, 0.15) is 17.4 Å². The minimum absolute atomic E-state index is 0.0746. The molecule has 4 rings (SSSR count). The number of rotatable bonds is 6. The molecular weight excluding hydrogens is 404 g/mol. The summed E-state index contributed by atoms with van der Waals surface area (Å²) in [7, 11) is 0. The Kier molecular flexibility index (Phi) is 5.94. The lowest BCUT2D eigenvalue weighted by Crippen LogP contribution is -2.01. The summed E-state index contributed by atoms with van der Waals surface area (Å²) >= 11 is 0. The maximum Gasteiger partial charge on any atom is 0.387 e. The van der Waals surface area contributed by atoms with Crippen LogP contribution in [0, 0.1) is 11.6 Å². The molecular formula is C26H20F4O. The maximum atomic E-state index is 14.9. The first kappa shape index (κ1) is 20.9. The highest BCUT2D eigenvalue weighted by molar-refractivity contribution is 5.88. The highest BCUT2D eigenvalue weighted by atomic mass is 19.3. The van der Waals surface area contributed by atoms with E-state index >= 15 is 0 Å². The first-order valence-corrected chi connectivity index (χ1v) is 10.0. The standard InChI is InChI=1S/C26H20F4O/c1-2-3-16-4-5-19-13-20(7-6-18(19)12-16)21-14-23(27)25(24(28)15-21)17-8-10-22(11-9-17)31-26(29)30/h4-15,26H,2-3H2,1H3. The largest absolute Gasteiger partial charge is 0.435 e. The fraction of sp³-hybridized carbons (Fsp3) is 0.154. The van der Waals surface area contributed by atoms with Crippen molar-refractivity contribution in [1.29, 1.82) is 0 Å². The van der Waals surface area contributed by atoms with E-state index in [4.69, 9.17) is 0 Å². The molecule has 0 bridgehead atoms. The van der Waals surface area contributed by atoms with Gasteiger partial charge in [-0.1, -0.05) is 55.8 Å². The van der Waals surface area contributed by atoms with Crippen LogP contribution in [0.5, 0.6) is 5.75 Å². The molecule has 0 atom stereocenters. The molecule has 158 valence electrons. The van der Waals surface area contributed by atoms with Crippen LogP contribution in [0.3, 0.4) is 0 Å². The molecule has 0 aliphatic carbocycles. The fourth-order valence-electron chi connectivity index (χ4n) is 3.74. The summed E-state index contributed by atoms with van der Waals surface area (Å²) in [5.74, 6) is -1.53. The zero-order valence-electron chi connectivity index (χ0n) is 16.8. The van der Waals surface area contributed by atoms with Crippen molar-refractivity contribution in [3.05, 3.63) is 90.0 Å². The monoisotopic (exact) mass is 424 g/mol. The molecule has 0 saturated heterocycles. The number of hydrogen-bond donors (Lipinski definition) is 0. The Bertz CT molecular complexity index is 1190. The Morgan fingerprint density at radius 1 is 0.710 bits per heavy atom. The number of ether oxygens (including phenoxy) is 1. The van der Waals surface area contributed by atoms with E-state index in [1.165, 1.54) is 42.0 Å². The Balaban J connectivity index is 1.67. The molecule has 0 fully saturated rings. The molecule has 4 aromatic rings. The molecule has 0 radical (unpaired) electrons. The Morgan fingerprint density at radius 2 is 1.32 bits per heavy atom. The van der Waals surface area contributed by atoms with Crippen molar-refractivity contribution in [2.75, 3.05) is 0 Å². The summed E-state index contributed by atoms with van der Waals surface area (Å²) in [5, 5.41) is 2.08. The molecule has 0 aromatic heterocycles. The van der Waals surface area contributed by atoms with Gasteiger partial charge in [0.05, 0.1) is 5.56 Å². The Hall–Kier alpha value is -3.34. The van der Waals surface area contributed by atoms with E-state index in [2.05, 4.69) is 23.8 Å². The minimum Gasteiger partial charge on any atom is -0.435 e. The van der Waals surface area contributed by atoms with Gasteiger partial charge in [0.2, 0.25) is 0 Å². The van der Waals surface area contributed by atoms with Gasteiger partial charge in [-0.05, 0) is 69.8 Å². The molecule has 0 saturated carbocycles. The average Bonchev–Trinajstić information content (AvgIpc) is 2.74. The first-order chi connectivity index (χ1) is 14.9.